The summed E-state index contributed by atoms with van der Waals surface area (Å²) in [5.74, 6) is 0.631. The Morgan fingerprint density at radius 2 is 1.83 bits per heavy atom. The van der Waals surface area contributed by atoms with E-state index in [9.17, 15) is 4.39 Å². The first-order valence-corrected chi connectivity index (χ1v) is 6.25. The standard InChI is InChI=1S/C13H11FINO2/c1-17-12-7-13(10(16)6-8(12)14)18-11-5-3-2-4-9(11)15/h2-7H,16H2,1H3. The number of nitrogen functional groups attached to an aromatic ring is 1. The number of benzene rings is 2. The van der Waals surface area contributed by atoms with E-state index < -0.39 is 5.82 Å². The van der Waals surface area contributed by atoms with Crippen LogP contribution in [0.5, 0.6) is 17.2 Å². The van der Waals surface area contributed by atoms with E-state index in [1.165, 1.54) is 19.2 Å². The highest BCUT2D eigenvalue weighted by molar-refractivity contribution is 14.1. The molecule has 5 heteroatoms. The largest absolute Gasteiger partial charge is 0.494 e. The normalized spacial score (nSPS) is 10.2. The summed E-state index contributed by atoms with van der Waals surface area (Å²) >= 11 is 2.15. The fraction of sp³-hybridized carbons (Fsp3) is 0.0769. The number of para-hydroxylation sites is 1. The number of methoxy groups -OCH3 is 1. The third-order valence-corrected chi connectivity index (χ3v) is 3.23. The van der Waals surface area contributed by atoms with Crippen molar-refractivity contribution in [3.63, 3.8) is 0 Å². The minimum Gasteiger partial charge on any atom is -0.494 e. The van der Waals surface area contributed by atoms with Gasteiger partial charge in [0.25, 0.3) is 0 Å². The molecular weight excluding hydrogens is 348 g/mol. The second kappa shape index (κ2) is 5.43. The SMILES string of the molecule is COc1cc(Oc2ccccc2I)c(N)cc1F. The van der Waals surface area contributed by atoms with Gasteiger partial charge in [0.15, 0.2) is 17.3 Å². The van der Waals surface area contributed by atoms with Gasteiger partial charge in [-0.25, -0.2) is 4.39 Å². The van der Waals surface area contributed by atoms with Crippen molar-refractivity contribution in [1.29, 1.82) is 0 Å². The van der Waals surface area contributed by atoms with E-state index in [0.717, 1.165) is 3.57 Å². The Kier molecular flexibility index (Phi) is 3.90. The number of nitrogens with two attached hydrogens (primary N) is 1. The lowest BCUT2D eigenvalue weighted by molar-refractivity contribution is 0.382. The van der Waals surface area contributed by atoms with Gasteiger partial charge in [-0.2, -0.15) is 0 Å². The third-order valence-electron chi connectivity index (χ3n) is 2.34. The molecule has 0 fully saturated rings. The van der Waals surface area contributed by atoms with Crippen molar-refractivity contribution in [2.75, 3.05) is 12.8 Å². The molecule has 0 saturated carbocycles. The molecule has 0 aliphatic heterocycles. The molecule has 0 amide bonds. The van der Waals surface area contributed by atoms with Gasteiger partial charge in [-0.1, -0.05) is 12.1 Å². The van der Waals surface area contributed by atoms with E-state index in [1.54, 1.807) is 0 Å². The van der Waals surface area contributed by atoms with Gasteiger partial charge in [-0.15, -0.1) is 0 Å². The lowest BCUT2D eigenvalue weighted by Crippen LogP contribution is -1.97. The fourth-order valence-electron chi connectivity index (χ4n) is 1.44. The minimum atomic E-state index is -0.509. The summed E-state index contributed by atoms with van der Waals surface area (Å²) < 4.78 is 24.9. The number of ether oxygens (including phenoxy) is 2. The molecule has 0 aliphatic carbocycles. The summed E-state index contributed by atoms with van der Waals surface area (Å²) in [5.41, 5.74) is 5.95. The molecule has 3 nitrogen and oxygen atoms in total. The zero-order chi connectivity index (χ0) is 13.1. The Morgan fingerprint density at radius 1 is 1.11 bits per heavy atom. The monoisotopic (exact) mass is 359 g/mol. The highest BCUT2D eigenvalue weighted by atomic mass is 127. The van der Waals surface area contributed by atoms with Crippen LogP contribution in [0.3, 0.4) is 0 Å². The number of anilines is 1. The van der Waals surface area contributed by atoms with Crippen LogP contribution < -0.4 is 15.2 Å². The van der Waals surface area contributed by atoms with Gasteiger partial charge in [0, 0.05) is 12.1 Å². The van der Waals surface area contributed by atoms with Gasteiger partial charge in [0.2, 0.25) is 0 Å². The quantitative estimate of drug-likeness (QED) is 0.670. The molecule has 0 bridgehead atoms. The molecule has 0 spiro atoms. The maximum atomic E-state index is 13.4. The van der Waals surface area contributed by atoms with Crippen LogP contribution in [-0.4, -0.2) is 7.11 Å². The van der Waals surface area contributed by atoms with Crippen LogP contribution in [0.4, 0.5) is 10.1 Å². The molecular formula is C13H11FINO2. The van der Waals surface area contributed by atoms with Gasteiger partial charge in [-0.05, 0) is 34.7 Å². The van der Waals surface area contributed by atoms with Crippen molar-refractivity contribution in [2.45, 2.75) is 0 Å². The van der Waals surface area contributed by atoms with Crippen molar-refractivity contribution in [1.82, 2.24) is 0 Å². The van der Waals surface area contributed by atoms with Crippen molar-refractivity contribution >= 4 is 28.3 Å². The molecule has 0 aromatic heterocycles. The van der Waals surface area contributed by atoms with Crippen LogP contribution in [0.15, 0.2) is 36.4 Å². The number of hydrogen-bond acceptors (Lipinski definition) is 3. The summed E-state index contributed by atoms with van der Waals surface area (Å²) in [5, 5.41) is 0. The Hall–Kier alpha value is -1.50. The third kappa shape index (κ3) is 2.66. The van der Waals surface area contributed by atoms with Gasteiger partial charge in [0.05, 0.1) is 16.4 Å². The van der Waals surface area contributed by atoms with Gasteiger partial charge < -0.3 is 15.2 Å². The molecule has 0 unspecified atom stereocenters. The molecule has 0 heterocycles. The summed E-state index contributed by atoms with van der Waals surface area (Å²) in [6.07, 6.45) is 0. The second-order valence-electron chi connectivity index (χ2n) is 3.56. The Labute approximate surface area is 118 Å². The smallest absolute Gasteiger partial charge is 0.167 e. The Bertz CT molecular complexity index is 575. The van der Waals surface area contributed by atoms with Gasteiger partial charge in [0.1, 0.15) is 5.75 Å². The molecule has 2 aromatic carbocycles. The molecule has 0 atom stereocenters. The average Bonchev–Trinajstić information content (AvgIpc) is 2.35. The van der Waals surface area contributed by atoms with Crippen molar-refractivity contribution < 1.29 is 13.9 Å². The Morgan fingerprint density at radius 3 is 2.50 bits per heavy atom. The fourth-order valence-corrected chi connectivity index (χ4v) is 1.94. The molecule has 2 N–H and O–H groups in total. The molecule has 0 aliphatic rings. The maximum Gasteiger partial charge on any atom is 0.167 e. The number of halogens is 2. The predicted octanol–water partition coefficient (Wildman–Crippen LogP) is 3.81. The van der Waals surface area contributed by atoms with Crippen LogP contribution in [0.25, 0.3) is 0 Å². The highest BCUT2D eigenvalue weighted by Gasteiger charge is 2.11. The minimum absolute atomic E-state index is 0.102. The summed E-state index contributed by atoms with van der Waals surface area (Å²) in [4.78, 5) is 0. The van der Waals surface area contributed by atoms with Crippen molar-refractivity contribution in [2.24, 2.45) is 0 Å². The molecule has 2 rings (SSSR count). The van der Waals surface area contributed by atoms with E-state index in [2.05, 4.69) is 22.6 Å². The lowest BCUT2D eigenvalue weighted by atomic mass is 10.2. The average molecular weight is 359 g/mol. The first-order chi connectivity index (χ1) is 8.61. The predicted molar refractivity (Wildman–Crippen MR) is 76.6 cm³/mol. The summed E-state index contributed by atoms with van der Waals surface area (Å²) in [6, 6.07) is 10.1. The van der Waals surface area contributed by atoms with Gasteiger partial charge in [-0.3, -0.25) is 0 Å². The van der Waals surface area contributed by atoms with Crippen LogP contribution in [0.1, 0.15) is 0 Å². The lowest BCUT2D eigenvalue weighted by Gasteiger charge is -2.11. The first kappa shape index (κ1) is 12.9. The van der Waals surface area contributed by atoms with E-state index in [-0.39, 0.29) is 11.4 Å². The molecule has 0 saturated heterocycles. The number of rotatable bonds is 3. The molecule has 0 radical (unpaired) electrons. The molecule has 18 heavy (non-hydrogen) atoms. The highest BCUT2D eigenvalue weighted by Crippen LogP contribution is 2.34. The summed E-state index contributed by atoms with van der Waals surface area (Å²) in [7, 11) is 1.39. The van der Waals surface area contributed by atoms with Crippen molar-refractivity contribution in [3.05, 3.63) is 45.8 Å². The molecule has 94 valence electrons. The van der Waals surface area contributed by atoms with E-state index in [0.29, 0.717) is 11.5 Å². The van der Waals surface area contributed by atoms with Gasteiger partial charge >= 0.3 is 0 Å². The zero-order valence-electron chi connectivity index (χ0n) is 9.61. The van der Waals surface area contributed by atoms with E-state index in [1.807, 2.05) is 24.3 Å². The van der Waals surface area contributed by atoms with Crippen LogP contribution >= 0.6 is 22.6 Å². The van der Waals surface area contributed by atoms with Crippen LogP contribution in [0.2, 0.25) is 0 Å². The van der Waals surface area contributed by atoms with Crippen molar-refractivity contribution in [3.8, 4) is 17.2 Å². The zero-order valence-corrected chi connectivity index (χ0v) is 11.8. The second-order valence-corrected chi connectivity index (χ2v) is 4.72. The van der Waals surface area contributed by atoms with E-state index in [4.69, 9.17) is 15.2 Å². The van der Waals surface area contributed by atoms with E-state index >= 15 is 0 Å². The first-order valence-electron chi connectivity index (χ1n) is 5.17. The summed E-state index contributed by atoms with van der Waals surface area (Å²) in [6.45, 7) is 0. The van der Waals surface area contributed by atoms with Crippen LogP contribution in [0, 0.1) is 9.39 Å². The topological polar surface area (TPSA) is 44.5 Å². The maximum absolute atomic E-state index is 13.4. The number of hydrogen-bond donors (Lipinski definition) is 1. The van der Waals surface area contributed by atoms with Crippen LogP contribution in [-0.2, 0) is 0 Å². The molecule has 2 aromatic rings. The Balaban J connectivity index is 2.38.